The monoisotopic (exact) mass is 282 g/mol. The summed E-state index contributed by atoms with van der Waals surface area (Å²) in [6.45, 7) is 6.48. The Morgan fingerprint density at radius 1 is 1.42 bits per heavy atom. The van der Waals surface area contributed by atoms with Gasteiger partial charge in [-0.2, -0.15) is 0 Å². The number of aliphatic hydroxyl groups is 1. The molecule has 2 unspecified atom stereocenters. The summed E-state index contributed by atoms with van der Waals surface area (Å²) in [6, 6.07) is 8.06. The summed E-state index contributed by atoms with van der Waals surface area (Å²) in [5, 5.41) is 10.9. The Hall–Kier alpha value is -0.610. The van der Waals surface area contributed by atoms with Gasteiger partial charge < -0.3 is 10.0 Å². The SMILES string of the molecule is CC1CN(C)CCN1CCC(O)c1cccc(Cl)c1. The second-order valence-electron chi connectivity index (χ2n) is 5.51. The third kappa shape index (κ3) is 4.18. The van der Waals surface area contributed by atoms with Crippen molar-refractivity contribution < 1.29 is 5.11 Å². The summed E-state index contributed by atoms with van der Waals surface area (Å²) < 4.78 is 0. The molecule has 0 amide bonds. The van der Waals surface area contributed by atoms with Gasteiger partial charge in [0.2, 0.25) is 0 Å². The molecule has 0 radical (unpaired) electrons. The second kappa shape index (κ2) is 6.71. The number of hydrogen-bond acceptors (Lipinski definition) is 3. The zero-order valence-electron chi connectivity index (χ0n) is 11.7. The van der Waals surface area contributed by atoms with Crippen LogP contribution in [0.15, 0.2) is 24.3 Å². The Kier molecular flexibility index (Phi) is 5.22. The van der Waals surface area contributed by atoms with Crippen LogP contribution in [0.3, 0.4) is 0 Å². The Balaban J connectivity index is 1.85. The lowest BCUT2D eigenvalue weighted by atomic mass is 10.1. The Morgan fingerprint density at radius 2 is 2.21 bits per heavy atom. The molecule has 2 rings (SSSR count). The molecule has 1 aliphatic heterocycles. The smallest absolute Gasteiger partial charge is 0.0802 e. The van der Waals surface area contributed by atoms with Crippen LogP contribution < -0.4 is 0 Å². The molecule has 1 fully saturated rings. The van der Waals surface area contributed by atoms with Crippen molar-refractivity contribution in [2.45, 2.75) is 25.5 Å². The molecular weight excluding hydrogens is 260 g/mol. The zero-order chi connectivity index (χ0) is 13.8. The molecule has 0 bridgehead atoms. The molecule has 0 saturated carbocycles. The number of benzene rings is 1. The molecule has 1 saturated heterocycles. The van der Waals surface area contributed by atoms with Gasteiger partial charge in [-0.1, -0.05) is 23.7 Å². The van der Waals surface area contributed by atoms with Crippen LogP contribution >= 0.6 is 11.6 Å². The van der Waals surface area contributed by atoms with Crippen LogP contribution in [0, 0.1) is 0 Å². The number of aliphatic hydroxyl groups excluding tert-OH is 1. The van der Waals surface area contributed by atoms with Crippen molar-refractivity contribution in [3.63, 3.8) is 0 Å². The van der Waals surface area contributed by atoms with Gasteiger partial charge in [-0.05, 0) is 38.1 Å². The fourth-order valence-corrected chi connectivity index (χ4v) is 2.88. The van der Waals surface area contributed by atoms with Gasteiger partial charge in [-0.25, -0.2) is 0 Å². The van der Waals surface area contributed by atoms with E-state index >= 15 is 0 Å². The molecule has 106 valence electrons. The summed E-state index contributed by atoms with van der Waals surface area (Å²) in [5.74, 6) is 0. The summed E-state index contributed by atoms with van der Waals surface area (Å²) in [6.07, 6.45) is 0.333. The summed E-state index contributed by atoms with van der Waals surface area (Å²) in [4.78, 5) is 4.81. The Bertz CT molecular complexity index is 413. The van der Waals surface area contributed by atoms with Crippen molar-refractivity contribution in [1.82, 2.24) is 9.80 Å². The number of hydrogen-bond donors (Lipinski definition) is 1. The van der Waals surface area contributed by atoms with Gasteiger partial charge in [0.1, 0.15) is 0 Å². The van der Waals surface area contributed by atoms with Gasteiger partial charge >= 0.3 is 0 Å². The summed E-state index contributed by atoms with van der Waals surface area (Å²) >= 11 is 5.95. The largest absolute Gasteiger partial charge is 0.388 e. The molecule has 19 heavy (non-hydrogen) atoms. The molecule has 1 heterocycles. The first-order chi connectivity index (χ1) is 9.06. The van der Waals surface area contributed by atoms with Crippen molar-refractivity contribution in [1.29, 1.82) is 0 Å². The van der Waals surface area contributed by atoms with Crippen LogP contribution in [0.4, 0.5) is 0 Å². The predicted octanol–water partition coefficient (Wildman–Crippen LogP) is 2.40. The minimum Gasteiger partial charge on any atom is -0.388 e. The number of nitrogens with zero attached hydrogens (tertiary/aromatic N) is 2. The molecule has 0 aromatic heterocycles. The maximum Gasteiger partial charge on any atom is 0.0802 e. The molecule has 1 aromatic carbocycles. The topological polar surface area (TPSA) is 26.7 Å². The van der Waals surface area contributed by atoms with E-state index in [4.69, 9.17) is 11.6 Å². The van der Waals surface area contributed by atoms with Gasteiger partial charge in [0, 0.05) is 37.2 Å². The predicted molar refractivity (Wildman–Crippen MR) is 79.6 cm³/mol. The van der Waals surface area contributed by atoms with Crippen molar-refractivity contribution in [2.75, 3.05) is 33.2 Å². The van der Waals surface area contributed by atoms with E-state index in [2.05, 4.69) is 23.8 Å². The van der Waals surface area contributed by atoms with Crippen molar-refractivity contribution in [3.05, 3.63) is 34.9 Å². The first kappa shape index (κ1) is 14.8. The highest BCUT2D eigenvalue weighted by atomic mass is 35.5. The highest BCUT2D eigenvalue weighted by Crippen LogP contribution is 2.21. The van der Waals surface area contributed by atoms with E-state index in [-0.39, 0.29) is 0 Å². The maximum absolute atomic E-state index is 10.2. The van der Waals surface area contributed by atoms with Gasteiger partial charge in [-0.15, -0.1) is 0 Å². The van der Waals surface area contributed by atoms with Crippen LogP contribution in [-0.4, -0.2) is 54.2 Å². The third-order valence-corrected chi connectivity index (χ3v) is 4.13. The summed E-state index contributed by atoms with van der Waals surface area (Å²) in [7, 11) is 2.16. The first-order valence-electron chi connectivity index (χ1n) is 6.92. The van der Waals surface area contributed by atoms with E-state index in [1.807, 2.05) is 24.3 Å². The fourth-order valence-electron chi connectivity index (χ4n) is 2.68. The average Bonchev–Trinajstić information content (AvgIpc) is 2.37. The average molecular weight is 283 g/mol. The minimum absolute atomic E-state index is 0.425. The van der Waals surface area contributed by atoms with Gasteiger partial charge in [-0.3, -0.25) is 4.90 Å². The van der Waals surface area contributed by atoms with E-state index in [1.165, 1.54) is 0 Å². The second-order valence-corrected chi connectivity index (χ2v) is 5.94. The number of halogens is 1. The normalized spacial score (nSPS) is 23.5. The molecule has 2 atom stereocenters. The van der Waals surface area contributed by atoms with E-state index in [0.29, 0.717) is 11.1 Å². The molecule has 0 aliphatic carbocycles. The molecule has 0 spiro atoms. The van der Waals surface area contributed by atoms with Crippen molar-refractivity contribution in [2.24, 2.45) is 0 Å². The Labute approximate surface area is 120 Å². The lowest BCUT2D eigenvalue weighted by molar-refractivity contribution is 0.0770. The van der Waals surface area contributed by atoms with E-state index in [0.717, 1.165) is 38.2 Å². The quantitative estimate of drug-likeness (QED) is 0.919. The lowest BCUT2D eigenvalue weighted by Crippen LogP contribution is -2.50. The van der Waals surface area contributed by atoms with E-state index in [9.17, 15) is 5.11 Å². The molecular formula is C15H23ClN2O. The van der Waals surface area contributed by atoms with Gasteiger partial charge in [0.15, 0.2) is 0 Å². The van der Waals surface area contributed by atoms with Gasteiger partial charge in [0.25, 0.3) is 0 Å². The van der Waals surface area contributed by atoms with E-state index in [1.54, 1.807) is 0 Å². The Morgan fingerprint density at radius 3 is 2.89 bits per heavy atom. The standard InChI is InChI=1S/C15H23ClN2O/c1-12-11-17(2)8-9-18(12)7-6-15(19)13-4-3-5-14(16)10-13/h3-5,10,12,15,19H,6-9,11H2,1-2H3. The highest BCUT2D eigenvalue weighted by molar-refractivity contribution is 6.30. The van der Waals surface area contributed by atoms with Crippen molar-refractivity contribution in [3.8, 4) is 0 Å². The molecule has 4 heteroatoms. The third-order valence-electron chi connectivity index (χ3n) is 3.89. The minimum atomic E-state index is -0.425. The van der Waals surface area contributed by atoms with Crippen LogP contribution in [0.1, 0.15) is 25.0 Å². The molecule has 3 nitrogen and oxygen atoms in total. The molecule has 1 N–H and O–H groups in total. The maximum atomic E-state index is 10.2. The van der Waals surface area contributed by atoms with Crippen LogP contribution in [-0.2, 0) is 0 Å². The molecule has 1 aliphatic rings. The highest BCUT2D eigenvalue weighted by Gasteiger charge is 2.21. The van der Waals surface area contributed by atoms with Crippen LogP contribution in [0.25, 0.3) is 0 Å². The van der Waals surface area contributed by atoms with Crippen LogP contribution in [0.2, 0.25) is 5.02 Å². The van der Waals surface area contributed by atoms with Crippen LogP contribution in [0.5, 0.6) is 0 Å². The van der Waals surface area contributed by atoms with Gasteiger partial charge in [0.05, 0.1) is 6.10 Å². The lowest BCUT2D eigenvalue weighted by Gasteiger charge is -2.38. The zero-order valence-corrected chi connectivity index (χ0v) is 12.5. The van der Waals surface area contributed by atoms with Crippen molar-refractivity contribution >= 4 is 11.6 Å². The molecule has 1 aromatic rings. The number of piperazine rings is 1. The first-order valence-corrected chi connectivity index (χ1v) is 7.30. The number of likely N-dealkylation sites (N-methyl/N-ethyl adjacent to an activating group) is 1. The number of rotatable bonds is 4. The fraction of sp³-hybridized carbons (Fsp3) is 0.600. The van der Waals surface area contributed by atoms with E-state index < -0.39 is 6.10 Å². The summed E-state index contributed by atoms with van der Waals surface area (Å²) in [5.41, 5.74) is 0.911.